The molecule has 2 aromatic carbocycles. The minimum absolute atomic E-state index is 0.0352. The van der Waals surface area contributed by atoms with Crippen LogP contribution >= 0.6 is 0 Å². The van der Waals surface area contributed by atoms with E-state index >= 15 is 0 Å². The number of likely N-dealkylation sites (tertiary alicyclic amines) is 1. The summed E-state index contributed by atoms with van der Waals surface area (Å²) >= 11 is 0. The SMILES string of the molecule is COc1cc(C(=O)N2CCC(Oc3nncc4ccccc34)CC2)c([N+](=O)[O-])cc1OC. The first-order valence-electron chi connectivity index (χ1n) is 10.1. The molecule has 2 heterocycles. The first-order chi connectivity index (χ1) is 15.5. The molecule has 32 heavy (non-hydrogen) atoms. The Bertz CT molecular complexity index is 1160. The predicted molar refractivity (Wildman–Crippen MR) is 115 cm³/mol. The maximum atomic E-state index is 13.1. The largest absolute Gasteiger partial charge is 0.493 e. The predicted octanol–water partition coefficient (Wildman–Crippen LogP) is 3.24. The summed E-state index contributed by atoms with van der Waals surface area (Å²) in [5.41, 5.74) is -0.357. The summed E-state index contributed by atoms with van der Waals surface area (Å²) in [5.74, 6) is 0.484. The second kappa shape index (κ2) is 9.04. The van der Waals surface area contributed by atoms with Crippen molar-refractivity contribution in [3.63, 3.8) is 0 Å². The zero-order valence-corrected chi connectivity index (χ0v) is 17.7. The minimum Gasteiger partial charge on any atom is -0.493 e. The lowest BCUT2D eigenvalue weighted by molar-refractivity contribution is -0.385. The summed E-state index contributed by atoms with van der Waals surface area (Å²) in [5, 5.41) is 21.5. The van der Waals surface area contributed by atoms with Crippen LogP contribution in [-0.4, -0.2) is 59.3 Å². The molecule has 166 valence electrons. The van der Waals surface area contributed by atoms with E-state index in [0.29, 0.717) is 31.8 Å². The van der Waals surface area contributed by atoms with Gasteiger partial charge in [-0.3, -0.25) is 14.9 Å². The van der Waals surface area contributed by atoms with E-state index in [-0.39, 0.29) is 28.9 Å². The highest BCUT2D eigenvalue weighted by atomic mass is 16.6. The smallest absolute Gasteiger partial charge is 0.286 e. The average molecular weight is 438 g/mol. The van der Waals surface area contributed by atoms with E-state index in [9.17, 15) is 14.9 Å². The van der Waals surface area contributed by atoms with Crippen molar-refractivity contribution >= 4 is 22.4 Å². The van der Waals surface area contributed by atoms with Gasteiger partial charge in [-0.25, -0.2) is 0 Å². The molecule has 1 aliphatic heterocycles. The number of methoxy groups -OCH3 is 2. The van der Waals surface area contributed by atoms with Crippen molar-refractivity contribution in [2.24, 2.45) is 0 Å². The highest BCUT2D eigenvalue weighted by Crippen LogP contribution is 2.35. The number of fused-ring (bicyclic) bond motifs is 1. The van der Waals surface area contributed by atoms with Crippen molar-refractivity contribution in [2.75, 3.05) is 27.3 Å². The third-order valence-electron chi connectivity index (χ3n) is 5.47. The number of piperidine rings is 1. The molecule has 10 nitrogen and oxygen atoms in total. The van der Waals surface area contributed by atoms with E-state index in [1.165, 1.54) is 26.4 Å². The molecule has 0 saturated carbocycles. The normalized spacial score (nSPS) is 14.2. The molecule has 0 radical (unpaired) electrons. The highest BCUT2D eigenvalue weighted by molar-refractivity contribution is 5.99. The Balaban J connectivity index is 1.48. The molecule has 1 saturated heterocycles. The molecule has 4 rings (SSSR count). The van der Waals surface area contributed by atoms with E-state index in [4.69, 9.17) is 14.2 Å². The topological polar surface area (TPSA) is 117 Å². The number of aromatic nitrogens is 2. The van der Waals surface area contributed by atoms with Crippen molar-refractivity contribution in [3.05, 3.63) is 58.3 Å². The molecule has 0 N–H and O–H groups in total. The molecule has 0 spiro atoms. The molecule has 1 fully saturated rings. The van der Waals surface area contributed by atoms with Crippen LogP contribution in [-0.2, 0) is 0 Å². The van der Waals surface area contributed by atoms with E-state index in [1.807, 2.05) is 24.3 Å². The van der Waals surface area contributed by atoms with Crippen molar-refractivity contribution in [3.8, 4) is 17.4 Å². The van der Waals surface area contributed by atoms with E-state index in [0.717, 1.165) is 10.8 Å². The number of nitrogens with zero attached hydrogens (tertiary/aromatic N) is 4. The number of hydrogen-bond acceptors (Lipinski definition) is 8. The lowest BCUT2D eigenvalue weighted by Gasteiger charge is -2.32. The summed E-state index contributed by atoms with van der Waals surface area (Å²) in [6, 6.07) is 10.3. The van der Waals surface area contributed by atoms with Crippen LogP contribution < -0.4 is 14.2 Å². The van der Waals surface area contributed by atoms with E-state index in [2.05, 4.69) is 10.2 Å². The number of rotatable bonds is 6. The van der Waals surface area contributed by atoms with Gasteiger partial charge >= 0.3 is 0 Å². The standard InChI is InChI=1S/C22H22N4O6/c1-30-19-11-17(18(26(28)29)12-20(19)31-2)22(27)25-9-7-15(8-10-25)32-21-16-6-4-3-5-14(16)13-23-24-21/h3-6,11-13,15H,7-10H2,1-2H3. The van der Waals surface area contributed by atoms with E-state index in [1.54, 1.807) is 11.1 Å². The second-order valence-electron chi connectivity index (χ2n) is 7.33. The number of benzene rings is 2. The van der Waals surface area contributed by atoms with Crippen molar-refractivity contribution in [2.45, 2.75) is 18.9 Å². The summed E-state index contributed by atoms with van der Waals surface area (Å²) in [6.45, 7) is 0.792. The van der Waals surface area contributed by atoms with Crippen LogP contribution in [0.25, 0.3) is 10.8 Å². The number of amides is 1. The minimum atomic E-state index is -0.593. The molecule has 1 aromatic heterocycles. The Morgan fingerprint density at radius 1 is 1.12 bits per heavy atom. The Hall–Kier alpha value is -3.95. The molecule has 10 heteroatoms. The lowest BCUT2D eigenvalue weighted by Crippen LogP contribution is -2.42. The van der Waals surface area contributed by atoms with Crippen LogP contribution in [0.2, 0.25) is 0 Å². The number of ether oxygens (including phenoxy) is 3. The van der Waals surface area contributed by atoms with Gasteiger partial charge in [0.05, 0.1) is 31.4 Å². The van der Waals surface area contributed by atoms with Gasteiger partial charge in [-0.2, -0.15) is 5.10 Å². The van der Waals surface area contributed by atoms with E-state index < -0.39 is 10.8 Å². The third kappa shape index (κ3) is 4.11. The van der Waals surface area contributed by atoms with Crippen LogP contribution in [0.15, 0.2) is 42.6 Å². The van der Waals surface area contributed by atoms with Gasteiger partial charge in [-0.15, -0.1) is 5.10 Å². The Kier molecular flexibility index (Phi) is 6.02. The van der Waals surface area contributed by atoms with Crippen LogP contribution in [0, 0.1) is 10.1 Å². The van der Waals surface area contributed by atoms with Gasteiger partial charge in [0.2, 0.25) is 5.88 Å². The first-order valence-corrected chi connectivity index (χ1v) is 10.1. The van der Waals surface area contributed by atoms with Gasteiger partial charge in [0.15, 0.2) is 11.5 Å². The van der Waals surface area contributed by atoms with Gasteiger partial charge in [0.25, 0.3) is 11.6 Å². The van der Waals surface area contributed by atoms with Crippen LogP contribution in [0.4, 0.5) is 5.69 Å². The second-order valence-corrected chi connectivity index (χ2v) is 7.33. The molecule has 0 aliphatic carbocycles. The molecule has 0 unspecified atom stereocenters. The van der Waals surface area contributed by atoms with Crippen LogP contribution in [0.3, 0.4) is 0 Å². The number of nitro benzene ring substituents is 1. The number of hydrogen-bond donors (Lipinski definition) is 0. The average Bonchev–Trinajstić information content (AvgIpc) is 2.83. The fourth-order valence-electron chi connectivity index (χ4n) is 3.78. The summed E-state index contributed by atoms with van der Waals surface area (Å²) < 4.78 is 16.4. The molecule has 3 aromatic rings. The molecule has 1 aliphatic rings. The maximum Gasteiger partial charge on any atom is 0.286 e. The zero-order valence-electron chi connectivity index (χ0n) is 17.7. The van der Waals surface area contributed by atoms with Gasteiger partial charge in [0.1, 0.15) is 11.7 Å². The Morgan fingerprint density at radius 2 is 1.81 bits per heavy atom. The molecular weight excluding hydrogens is 416 g/mol. The highest BCUT2D eigenvalue weighted by Gasteiger charge is 2.31. The number of carbonyl (C=O) groups excluding carboxylic acids is 1. The van der Waals surface area contributed by atoms with Crippen molar-refractivity contribution < 1.29 is 23.9 Å². The van der Waals surface area contributed by atoms with Gasteiger partial charge in [0, 0.05) is 42.8 Å². The Labute approximate surface area is 183 Å². The quantitative estimate of drug-likeness (QED) is 0.425. The first kappa shape index (κ1) is 21.3. The zero-order chi connectivity index (χ0) is 22.7. The summed E-state index contributed by atoms with van der Waals surface area (Å²) in [4.78, 5) is 25.6. The lowest BCUT2D eigenvalue weighted by atomic mass is 10.0. The fourth-order valence-corrected chi connectivity index (χ4v) is 3.78. The maximum absolute atomic E-state index is 13.1. The molecule has 1 amide bonds. The van der Waals surface area contributed by atoms with Crippen molar-refractivity contribution in [1.82, 2.24) is 15.1 Å². The summed E-state index contributed by atoms with van der Waals surface area (Å²) in [6.07, 6.45) is 2.68. The van der Waals surface area contributed by atoms with Crippen LogP contribution in [0.1, 0.15) is 23.2 Å². The molecule has 0 bridgehead atoms. The monoisotopic (exact) mass is 438 g/mol. The van der Waals surface area contributed by atoms with Crippen molar-refractivity contribution in [1.29, 1.82) is 0 Å². The van der Waals surface area contributed by atoms with Gasteiger partial charge in [-0.1, -0.05) is 18.2 Å². The third-order valence-corrected chi connectivity index (χ3v) is 5.47. The van der Waals surface area contributed by atoms with Crippen LogP contribution in [0.5, 0.6) is 17.4 Å². The van der Waals surface area contributed by atoms with Gasteiger partial charge in [-0.05, 0) is 6.07 Å². The number of nitro groups is 1. The molecule has 0 atom stereocenters. The number of carbonyl (C=O) groups is 1. The summed E-state index contributed by atoms with van der Waals surface area (Å²) in [7, 11) is 2.80. The Morgan fingerprint density at radius 3 is 2.50 bits per heavy atom. The molecular formula is C22H22N4O6. The van der Waals surface area contributed by atoms with Gasteiger partial charge < -0.3 is 19.1 Å². The fraction of sp³-hybridized carbons (Fsp3) is 0.318.